The Bertz CT molecular complexity index is 478. The lowest BCUT2D eigenvalue weighted by Gasteiger charge is -2.18. The van der Waals surface area contributed by atoms with Crippen LogP contribution in [-0.2, 0) is 9.53 Å². The number of rotatable bonds is 3. The van der Waals surface area contributed by atoms with Crippen molar-refractivity contribution in [1.29, 1.82) is 0 Å². The molecule has 6 heteroatoms. The molecular weight excluding hydrogens is 256 g/mol. The fourth-order valence-corrected chi connectivity index (χ4v) is 2.21. The minimum Gasteiger partial charge on any atom is -0.465 e. The normalized spacial score (nSPS) is 19.1. The third-order valence-electron chi connectivity index (χ3n) is 2.92. The molecule has 18 heavy (non-hydrogen) atoms. The monoisotopic (exact) mass is 268 g/mol. The number of esters is 1. The first kappa shape index (κ1) is 12.8. The van der Waals surface area contributed by atoms with E-state index in [1.165, 1.54) is 19.5 Å². The zero-order chi connectivity index (χ0) is 13.1. The number of halogens is 1. The van der Waals surface area contributed by atoms with Gasteiger partial charge in [0.1, 0.15) is 0 Å². The number of amides is 1. The van der Waals surface area contributed by atoms with Crippen LogP contribution in [0.5, 0.6) is 0 Å². The van der Waals surface area contributed by atoms with Crippen LogP contribution in [0, 0.1) is 5.92 Å². The lowest BCUT2D eigenvalue weighted by molar-refractivity contribution is -0.117. The number of carbonyl (C=O) groups is 2. The Morgan fingerprint density at radius 2 is 2.44 bits per heavy atom. The van der Waals surface area contributed by atoms with Crippen LogP contribution in [0.1, 0.15) is 16.8 Å². The number of hydrogen-bond acceptors (Lipinski definition) is 4. The van der Waals surface area contributed by atoms with Crippen molar-refractivity contribution in [2.45, 2.75) is 6.42 Å². The summed E-state index contributed by atoms with van der Waals surface area (Å²) in [6.45, 7) is 0.512. The van der Waals surface area contributed by atoms with E-state index in [4.69, 9.17) is 16.3 Å². The average Bonchev–Trinajstić information content (AvgIpc) is 2.79. The fourth-order valence-electron chi connectivity index (χ4n) is 2.00. The lowest BCUT2D eigenvalue weighted by Crippen LogP contribution is -2.27. The van der Waals surface area contributed by atoms with E-state index in [9.17, 15) is 9.59 Å². The van der Waals surface area contributed by atoms with Crippen LogP contribution in [0.4, 0.5) is 5.69 Å². The van der Waals surface area contributed by atoms with Gasteiger partial charge in [-0.2, -0.15) is 0 Å². The molecule has 1 aromatic heterocycles. The molecule has 1 aliphatic rings. The second kappa shape index (κ2) is 5.35. The summed E-state index contributed by atoms with van der Waals surface area (Å²) in [4.78, 5) is 29.0. The van der Waals surface area contributed by atoms with Crippen molar-refractivity contribution in [3.63, 3.8) is 0 Å². The summed E-state index contributed by atoms with van der Waals surface area (Å²) in [5.41, 5.74) is 0.832. The van der Waals surface area contributed by atoms with Gasteiger partial charge in [-0.15, -0.1) is 11.6 Å². The highest BCUT2D eigenvalue weighted by Crippen LogP contribution is 2.28. The Balaban J connectivity index is 2.34. The molecule has 0 bridgehead atoms. The maximum Gasteiger partial charge on any atom is 0.340 e. The summed E-state index contributed by atoms with van der Waals surface area (Å²) < 4.78 is 4.69. The number of methoxy groups -OCH3 is 1. The zero-order valence-electron chi connectivity index (χ0n) is 9.93. The van der Waals surface area contributed by atoms with E-state index in [2.05, 4.69) is 4.98 Å². The molecule has 96 valence electrons. The number of anilines is 1. The fraction of sp³-hybridized carbons (Fsp3) is 0.417. The van der Waals surface area contributed by atoms with E-state index >= 15 is 0 Å². The first-order valence-corrected chi connectivity index (χ1v) is 6.09. The number of ether oxygens (including phenoxy) is 1. The largest absolute Gasteiger partial charge is 0.465 e. The topological polar surface area (TPSA) is 59.5 Å². The summed E-state index contributed by atoms with van der Waals surface area (Å²) in [6.07, 6.45) is 3.40. The van der Waals surface area contributed by atoms with Crippen molar-refractivity contribution >= 4 is 29.2 Å². The van der Waals surface area contributed by atoms with E-state index in [-0.39, 0.29) is 11.8 Å². The Kier molecular flexibility index (Phi) is 3.81. The molecular formula is C12H13ClN2O3. The molecule has 0 N–H and O–H groups in total. The Labute approximate surface area is 110 Å². The van der Waals surface area contributed by atoms with Gasteiger partial charge in [-0.3, -0.25) is 9.78 Å². The highest BCUT2D eigenvalue weighted by molar-refractivity contribution is 6.18. The number of aromatic nitrogens is 1. The van der Waals surface area contributed by atoms with E-state index in [0.29, 0.717) is 30.1 Å². The van der Waals surface area contributed by atoms with E-state index in [0.717, 1.165) is 0 Å². The van der Waals surface area contributed by atoms with E-state index < -0.39 is 5.97 Å². The smallest absolute Gasteiger partial charge is 0.340 e. The van der Waals surface area contributed by atoms with Gasteiger partial charge in [0.2, 0.25) is 5.91 Å². The highest BCUT2D eigenvalue weighted by atomic mass is 35.5. The molecule has 2 rings (SSSR count). The maximum absolute atomic E-state index is 11.9. The maximum atomic E-state index is 11.9. The Hall–Kier alpha value is -1.62. The van der Waals surface area contributed by atoms with Gasteiger partial charge in [0.05, 0.1) is 24.6 Å². The highest BCUT2D eigenvalue weighted by Gasteiger charge is 2.32. The number of pyridine rings is 1. The molecule has 1 aromatic rings. The van der Waals surface area contributed by atoms with Crippen LogP contribution >= 0.6 is 11.6 Å². The minimum atomic E-state index is -0.477. The van der Waals surface area contributed by atoms with Crippen LogP contribution in [0.15, 0.2) is 18.5 Å². The van der Waals surface area contributed by atoms with Crippen LogP contribution in [-0.4, -0.2) is 36.4 Å². The number of alkyl halides is 1. The first-order valence-electron chi connectivity index (χ1n) is 5.56. The molecule has 1 atom stereocenters. The van der Waals surface area contributed by atoms with Crippen LogP contribution in [0.3, 0.4) is 0 Å². The SMILES string of the molecule is COC(=O)c1ccncc1N1CC(CCl)CC1=O. The summed E-state index contributed by atoms with van der Waals surface area (Å²) in [7, 11) is 1.31. The van der Waals surface area contributed by atoms with Gasteiger partial charge in [-0.1, -0.05) is 0 Å². The summed E-state index contributed by atoms with van der Waals surface area (Å²) >= 11 is 5.77. The predicted molar refractivity (Wildman–Crippen MR) is 66.8 cm³/mol. The van der Waals surface area contributed by atoms with Gasteiger partial charge in [0, 0.05) is 25.0 Å². The van der Waals surface area contributed by atoms with Crippen molar-refractivity contribution < 1.29 is 14.3 Å². The predicted octanol–water partition coefficient (Wildman–Crippen LogP) is 1.46. The minimum absolute atomic E-state index is 0.0428. The molecule has 1 aliphatic heterocycles. The molecule has 0 radical (unpaired) electrons. The van der Waals surface area contributed by atoms with Gasteiger partial charge in [0.15, 0.2) is 0 Å². The molecule has 0 aliphatic carbocycles. The molecule has 1 saturated heterocycles. The molecule has 0 aromatic carbocycles. The summed E-state index contributed by atoms with van der Waals surface area (Å²) in [5, 5.41) is 0. The molecule has 0 saturated carbocycles. The Morgan fingerprint density at radius 3 is 3.06 bits per heavy atom. The van der Waals surface area contributed by atoms with Crippen molar-refractivity contribution in [1.82, 2.24) is 4.98 Å². The first-order chi connectivity index (χ1) is 8.67. The molecule has 1 fully saturated rings. The Morgan fingerprint density at radius 1 is 1.67 bits per heavy atom. The number of nitrogens with zero attached hydrogens (tertiary/aromatic N) is 2. The van der Waals surface area contributed by atoms with Gasteiger partial charge < -0.3 is 9.64 Å². The average molecular weight is 269 g/mol. The summed E-state index contributed by atoms with van der Waals surface area (Å²) in [5.74, 6) is 0.0222. The second-order valence-corrected chi connectivity index (χ2v) is 4.42. The third-order valence-corrected chi connectivity index (χ3v) is 3.36. The van der Waals surface area contributed by atoms with Crippen LogP contribution < -0.4 is 4.90 Å². The van der Waals surface area contributed by atoms with Gasteiger partial charge in [-0.25, -0.2) is 4.79 Å². The van der Waals surface area contributed by atoms with Crippen LogP contribution in [0.2, 0.25) is 0 Å². The van der Waals surface area contributed by atoms with Gasteiger partial charge in [-0.05, 0) is 12.0 Å². The molecule has 1 unspecified atom stereocenters. The molecule has 5 nitrogen and oxygen atoms in total. The quantitative estimate of drug-likeness (QED) is 0.615. The summed E-state index contributed by atoms with van der Waals surface area (Å²) in [6, 6.07) is 1.54. The van der Waals surface area contributed by atoms with Crippen molar-refractivity contribution in [2.24, 2.45) is 5.92 Å². The lowest BCUT2D eigenvalue weighted by atomic mass is 10.1. The van der Waals surface area contributed by atoms with E-state index in [1.807, 2.05) is 0 Å². The second-order valence-electron chi connectivity index (χ2n) is 4.11. The molecule has 1 amide bonds. The number of hydrogen-bond donors (Lipinski definition) is 0. The van der Waals surface area contributed by atoms with Crippen molar-refractivity contribution in [3.05, 3.63) is 24.0 Å². The van der Waals surface area contributed by atoms with Crippen molar-refractivity contribution in [2.75, 3.05) is 24.4 Å². The standard InChI is InChI=1S/C12H13ClN2O3/c1-18-12(17)9-2-3-14-6-10(9)15-7-8(5-13)4-11(15)16/h2-3,6,8H,4-5,7H2,1H3. The number of carbonyl (C=O) groups excluding carboxylic acids is 2. The molecule has 0 spiro atoms. The van der Waals surface area contributed by atoms with Gasteiger partial charge in [0.25, 0.3) is 0 Å². The van der Waals surface area contributed by atoms with Crippen molar-refractivity contribution in [3.8, 4) is 0 Å². The molecule has 2 heterocycles. The van der Waals surface area contributed by atoms with Gasteiger partial charge >= 0.3 is 5.97 Å². The third kappa shape index (κ3) is 2.31. The zero-order valence-corrected chi connectivity index (χ0v) is 10.7. The van der Waals surface area contributed by atoms with Crippen LogP contribution in [0.25, 0.3) is 0 Å². The van der Waals surface area contributed by atoms with E-state index in [1.54, 1.807) is 11.0 Å².